The highest BCUT2D eigenvalue weighted by Crippen LogP contribution is 2.20. The highest BCUT2D eigenvalue weighted by Gasteiger charge is 2.13. The Balaban J connectivity index is 1.95. The maximum Gasteiger partial charge on any atom is 0.117 e. The van der Waals surface area contributed by atoms with Crippen molar-refractivity contribution in [3.63, 3.8) is 0 Å². The second-order valence-corrected chi connectivity index (χ2v) is 4.42. The van der Waals surface area contributed by atoms with Crippen LogP contribution in [0.4, 0.5) is 5.69 Å². The molecule has 1 heterocycles. The number of nitrogen functional groups attached to an aromatic ring is 1. The van der Waals surface area contributed by atoms with E-state index in [2.05, 4.69) is 0 Å². The molecule has 1 atom stereocenters. The van der Waals surface area contributed by atoms with Crippen molar-refractivity contribution in [2.45, 2.75) is 12.6 Å². The van der Waals surface area contributed by atoms with Gasteiger partial charge in [-0.25, -0.2) is 0 Å². The highest BCUT2D eigenvalue weighted by atomic mass is 16.3. The molecule has 0 radical (unpaired) electrons. The summed E-state index contributed by atoms with van der Waals surface area (Å²) in [6.07, 6.45) is 1.06. The quantitative estimate of drug-likeness (QED) is 0.792. The van der Waals surface area contributed by atoms with Crippen LogP contribution in [0.15, 0.2) is 47.1 Å². The first-order valence-electron chi connectivity index (χ1n) is 5.90. The molecule has 2 rings (SSSR count). The molecule has 0 bridgehead atoms. The van der Waals surface area contributed by atoms with E-state index in [1.165, 1.54) is 0 Å². The number of benzene rings is 1. The third-order valence-electron chi connectivity index (χ3n) is 2.85. The van der Waals surface area contributed by atoms with Gasteiger partial charge in [-0.3, -0.25) is 4.90 Å². The van der Waals surface area contributed by atoms with Crippen LogP contribution in [0, 0.1) is 0 Å². The zero-order valence-corrected chi connectivity index (χ0v) is 10.4. The summed E-state index contributed by atoms with van der Waals surface area (Å²) in [5, 5.41) is 10.1. The average molecular weight is 246 g/mol. The molecule has 96 valence electrons. The van der Waals surface area contributed by atoms with Crippen LogP contribution < -0.4 is 5.73 Å². The van der Waals surface area contributed by atoms with Crippen molar-refractivity contribution in [2.75, 3.05) is 19.3 Å². The van der Waals surface area contributed by atoms with Gasteiger partial charge in [-0.1, -0.05) is 18.2 Å². The number of nitrogens with zero attached hydrogens (tertiary/aromatic N) is 1. The van der Waals surface area contributed by atoms with Gasteiger partial charge in [-0.05, 0) is 25.2 Å². The van der Waals surface area contributed by atoms with Gasteiger partial charge in [0.2, 0.25) is 0 Å². The van der Waals surface area contributed by atoms with Crippen LogP contribution in [0.25, 0.3) is 0 Å². The van der Waals surface area contributed by atoms with Crippen molar-refractivity contribution in [3.8, 4) is 0 Å². The second kappa shape index (κ2) is 5.71. The lowest BCUT2D eigenvalue weighted by Crippen LogP contribution is -2.24. The van der Waals surface area contributed by atoms with E-state index in [0.717, 1.165) is 11.3 Å². The molecule has 18 heavy (non-hydrogen) atoms. The molecule has 0 aliphatic carbocycles. The van der Waals surface area contributed by atoms with Crippen LogP contribution in [-0.2, 0) is 6.54 Å². The second-order valence-electron chi connectivity index (χ2n) is 4.42. The number of rotatable bonds is 5. The molecule has 3 N–H and O–H groups in total. The van der Waals surface area contributed by atoms with E-state index in [0.29, 0.717) is 18.8 Å². The Bertz CT molecular complexity index is 482. The Hall–Kier alpha value is -1.78. The fourth-order valence-corrected chi connectivity index (χ4v) is 1.94. The maximum atomic E-state index is 10.1. The summed E-state index contributed by atoms with van der Waals surface area (Å²) < 4.78 is 5.27. The Kier molecular flexibility index (Phi) is 4.02. The summed E-state index contributed by atoms with van der Waals surface area (Å²) >= 11 is 0. The van der Waals surface area contributed by atoms with Crippen LogP contribution in [0.5, 0.6) is 0 Å². The van der Waals surface area contributed by atoms with Crippen molar-refractivity contribution in [3.05, 3.63) is 54.0 Å². The Labute approximate surface area is 107 Å². The highest BCUT2D eigenvalue weighted by molar-refractivity contribution is 5.47. The zero-order chi connectivity index (χ0) is 13.0. The van der Waals surface area contributed by atoms with Gasteiger partial charge in [0.1, 0.15) is 5.76 Å². The summed E-state index contributed by atoms with van der Waals surface area (Å²) in [7, 11) is 1.94. The van der Waals surface area contributed by atoms with Gasteiger partial charge in [0.15, 0.2) is 0 Å². The SMILES string of the molecule is CN(Cc1ccco1)CC(O)c1ccccc1N. The molecule has 0 aliphatic rings. The molecule has 4 heteroatoms. The lowest BCUT2D eigenvalue weighted by Gasteiger charge is -2.20. The monoisotopic (exact) mass is 246 g/mol. The molecule has 4 nitrogen and oxygen atoms in total. The molecule has 2 aromatic rings. The van der Waals surface area contributed by atoms with Crippen LogP contribution in [0.2, 0.25) is 0 Å². The van der Waals surface area contributed by atoms with E-state index in [-0.39, 0.29) is 0 Å². The molecule has 0 spiro atoms. The number of nitrogens with two attached hydrogens (primary N) is 1. The van der Waals surface area contributed by atoms with E-state index >= 15 is 0 Å². The molecule has 0 saturated carbocycles. The van der Waals surface area contributed by atoms with Crippen molar-refractivity contribution in [1.29, 1.82) is 0 Å². The molecule has 0 aliphatic heterocycles. The van der Waals surface area contributed by atoms with Crippen molar-refractivity contribution in [2.24, 2.45) is 0 Å². The number of aliphatic hydroxyl groups excluding tert-OH is 1. The first-order valence-corrected chi connectivity index (χ1v) is 5.90. The number of para-hydroxylation sites is 1. The molecule has 0 amide bonds. The standard InChI is InChI=1S/C14H18N2O2/c1-16(9-11-5-4-8-18-11)10-14(17)12-6-2-3-7-13(12)15/h2-8,14,17H,9-10,15H2,1H3. The predicted octanol–water partition coefficient (Wildman–Crippen LogP) is 2.03. The van der Waals surface area contributed by atoms with Gasteiger partial charge in [0, 0.05) is 17.8 Å². The predicted molar refractivity (Wildman–Crippen MR) is 70.9 cm³/mol. The number of hydrogen-bond donors (Lipinski definition) is 2. The molecular weight excluding hydrogens is 228 g/mol. The third-order valence-corrected chi connectivity index (χ3v) is 2.85. The summed E-state index contributed by atoms with van der Waals surface area (Å²) in [6.45, 7) is 1.17. The van der Waals surface area contributed by atoms with Crippen LogP contribution in [0.1, 0.15) is 17.4 Å². The fraction of sp³-hybridized carbons (Fsp3) is 0.286. The number of anilines is 1. The van der Waals surface area contributed by atoms with E-state index in [9.17, 15) is 5.11 Å². The van der Waals surface area contributed by atoms with Crippen LogP contribution >= 0.6 is 0 Å². The molecule has 1 aromatic carbocycles. The Morgan fingerprint density at radius 3 is 2.72 bits per heavy atom. The van der Waals surface area contributed by atoms with Gasteiger partial charge >= 0.3 is 0 Å². The Morgan fingerprint density at radius 1 is 1.28 bits per heavy atom. The summed E-state index contributed by atoms with van der Waals surface area (Å²) in [4.78, 5) is 2.00. The maximum absolute atomic E-state index is 10.1. The lowest BCUT2D eigenvalue weighted by atomic mass is 10.1. The average Bonchev–Trinajstić information content (AvgIpc) is 2.82. The minimum Gasteiger partial charge on any atom is -0.468 e. The minimum absolute atomic E-state index is 0.509. The lowest BCUT2D eigenvalue weighted by molar-refractivity contribution is 0.121. The van der Waals surface area contributed by atoms with E-state index in [1.807, 2.05) is 42.3 Å². The number of hydrogen-bond acceptors (Lipinski definition) is 4. The fourth-order valence-electron chi connectivity index (χ4n) is 1.94. The summed E-state index contributed by atoms with van der Waals surface area (Å²) in [6, 6.07) is 11.2. The zero-order valence-electron chi connectivity index (χ0n) is 10.4. The number of furan rings is 1. The van der Waals surface area contributed by atoms with E-state index in [1.54, 1.807) is 12.3 Å². The van der Waals surface area contributed by atoms with Crippen LogP contribution in [-0.4, -0.2) is 23.6 Å². The normalized spacial score (nSPS) is 12.8. The first-order chi connectivity index (χ1) is 8.66. The van der Waals surface area contributed by atoms with Gasteiger partial charge in [-0.2, -0.15) is 0 Å². The van der Waals surface area contributed by atoms with E-state index in [4.69, 9.17) is 10.2 Å². The van der Waals surface area contributed by atoms with Gasteiger partial charge in [-0.15, -0.1) is 0 Å². The van der Waals surface area contributed by atoms with Crippen molar-refractivity contribution >= 4 is 5.69 Å². The molecule has 1 unspecified atom stereocenters. The Morgan fingerprint density at radius 2 is 2.06 bits per heavy atom. The third kappa shape index (κ3) is 3.12. The topological polar surface area (TPSA) is 62.6 Å². The smallest absolute Gasteiger partial charge is 0.117 e. The minimum atomic E-state index is -0.592. The van der Waals surface area contributed by atoms with Crippen LogP contribution in [0.3, 0.4) is 0 Å². The van der Waals surface area contributed by atoms with Crippen molar-refractivity contribution in [1.82, 2.24) is 4.90 Å². The largest absolute Gasteiger partial charge is 0.468 e. The number of likely N-dealkylation sites (N-methyl/N-ethyl adjacent to an activating group) is 1. The van der Waals surface area contributed by atoms with Crippen molar-refractivity contribution < 1.29 is 9.52 Å². The first kappa shape index (κ1) is 12.7. The number of aliphatic hydroxyl groups is 1. The van der Waals surface area contributed by atoms with E-state index < -0.39 is 6.10 Å². The van der Waals surface area contributed by atoms with Gasteiger partial charge in [0.05, 0.1) is 18.9 Å². The molecule has 0 fully saturated rings. The van der Waals surface area contributed by atoms with Gasteiger partial charge < -0.3 is 15.3 Å². The molecular formula is C14H18N2O2. The van der Waals surface area contributed by atoms with Gasteiger partial charge in [0.25, 0.3) is 0 Å². The molecule has 0 saturated heterocycles. The molecule has 1 aromatic heterocycles. The summed E-state index contributed by atoms with van der Waals surface area (Å²) in [5.74, 6) is 0.880. The summed E-state index contributed by atoms with van der Waals surface area (Å²) in [5.41, 5.74) is 7.23.